The Balaban J connectivity index is 1.37. The Morgan fingerprint density at radius 2 is 1.70 bits per heavy atom. The van der Waals surface area contributed by atoms with Crippen LogP contribution in [-0.4, -0.2) is 51.2 Å². The fraction of sp³-hybridized carbons (Fsp3) is 0.583. The van der Waals surface area contributed by atoms with Crippen molar-refractivity contribution < 1.29 is 0 Å². The average Bonchev–Trinajstić information content (AvgIpc) is 3.63. The number of rotatable bonds is 7. The van der Waals surface area contributed by atoms with E-state index in [1.165, 1.54) is 62.3 Å². The smallest absolute Gasteiger partial charge is 0.184 e. The highest BCUT2D eigenvalue weighted by Crippen LogP contribution is 2.31. The molecule has 2 fully saturated rings. The maximum absolute atomic E-state index is 4.45. The minimum atomic E-state index is 0.445. The van der Waals surface area contributed by atoms with Gasteiger partial charge < -0.3 is 0 Å². The number of aryl methyl sites for hydroxylation is 1. The van der Waals surface area contributed by atoms with Crippen molar-refractivity contribution in [1.29, 1.82) is 0 Å². The van der Waals surface area contributed by atoms with E-state index in [9.17, 15) is 0 Å². The lowest BCUT2D eigenvalue weighted by Crippen LogP contribution is -2.34. The van der Waals surface area contributed by atoms with Crippen molar-refractivity contribution in [2.24, 2.45) is 0 Å². The summed E-state index contributed by atoms with van der Waals surface area (Å²) in [6, 6.07) is 9.82. The summed E-state index contributed by atoms with van der Waals surface area (Å²) in [6.45, 7) is 3.74. The monoisotopic (exact) mass is 445 g/mol. The van der Waals surface area contributed by atoms with E-state index in [0.717, 1.165) is 42.1 Å². The summed E-state index contributed by atoms with van der Waals surface area (Å²) in [5.74, 6) is 0.985. The molecule has 33 heavy (non-hydrogen) atoms. The molecule has 0 amide bonds. The first-order valence-corrected chi connectivity index (χ1v) is 12.4. The number of fused-ring (bicyclic) bond motifs is 3. The fourth-order valence-corrected chi connectivity index (χ4v) is 5.78. The number of tetrazole rings is 2. The third-order valence-electron chi connectivity index (χ3n) is 7.61. The maximum atomic E-state index is 4.45. The Morgan fingerprint density at radius 3 is 2.52 bits per heavy atom. The van der Waals surface area contributed by atoms with Crippen molar-refractivity contribution in [2.45, 2.75) is 89.9 Å². The first-order chi connectivity index (χ1) is 16.3. The van der Waals surface area contributed by atoms with Crippen molar-refractivity contribution in [2.75, 3.05) is 0 Å². The largest absolute Gasteiger partial charge is 0.288 e. The number of aromatic nitrogens is 8. The average molecular weight is 446 g/mol. The molecule has 0 saturated heterocycles. The van der Waals surface area contributed by atoms with E-state index in [1.807, 2.05) is 4.52 Å². The first kappa shape index (κ1) is 20.7. The fourth-order valence-electron chi connectivity index (χ4n) is 5.78. The summed E-state index contributed by atoms with van der Waals surface area (Å²) < 4.78 is 3.98. The second kappa shape index (κ2) is 8.78. The van der Waals surface area contributed by atoms with Crippen LogP contribution in [-0.2, 0) is 19.5 Å². The van der Waals surface area contributed by atoms with E-state index in [4.69, 9.17) is 0 Å². The number of pyridine rings is 1. The number of nitrogens with zero attached hydrogens (tertiary/aromatic N) is 9. The molecule has 9 heteroatoms. The lowest BCUT2D eigenvalue weighted by Gasteiger charge is -2.29. The van der Waals surface area contributed by atoms with Gasteiger partial charge in [-0.15, -0.1) is 10.2 Å². The van der Waals surface area contributed by atoms with Gasteiger partial charge in [-0.25, -0.2) is 4.68 Å². The molecule has 9 nitrogen and oxygen atoms in total. The minimum absolute atomic E-state index is 0.445. The van der Waals surface area contributed by atoms with Gasteiger partial charge in [0, 0.05) is 23.5 Å². The van der Waals surface area contributed by atoms with E-state index in [0.29, 0.717) is 12.1 Å². The Kier molecular flexibility index (Phi) is 5.49. The quantitative estimate of drug-likeness (QED) is 0.426. The standard InChI is InChI=1S/C24H31N9/c1-2-17-11-12-22-18(13-17)14-19(24-26-28-30-33(22)24)15-31(20-7-3-4-8-20)16-23-25-27-29-32(23)21-9-5-6-10-21/h11-14,20-21H,2-10,15-16H2,1H3. The molecule has 0 N–H and O–H groups in total. The molecular weight excluding hydrogens is 414 g/mol. The van der Waals surface area contributed by atoms with Crippen LogP contribution in [0.25, 0.3) is 16.6 Å². The van der Waals surface area contributed by atoms with E-state index < -0.39 is 0 Å². The van der Waals surface area contributed by atoms with Crippen molar-refractivity contribution in [3.05, 3.63) is 41.2 Å². The molecule has 2 aliphatic rings. The lowest BCUT2D eigenvalue weighted by atomic mass is 10.1. The second-order valence-electron chi connectivity index (χ2n) is 9.65. The highest BCUT2D eigenvalue weighted by molar-refractivity contribution is 5.83. The van der Waals surface area contributed by atoms with E-state index >= 15 is 0 Å². The molecule has 2 saturated carbocycles. The van der Waals surface area contributed by atoms with Crippen molar-refractivity contribution in [1.82, 2.24) is 45.1 Å². The molecule has 0 spiro atoms. The SMILES string of the molecule is CCc1ccc2c(c1)cc(CN(Cc1nnnn1C1CCCC1)C1CCCC1)c1nnnn12. The third-order valence-corrected chi connectivity index (χ3v) is 7.61. The highest BCUT2D eigenvalue weighted by atomic mass is 15.6. The minimum Gasteiger partial charge on any atom is -0.288 e. The predicted octanol–water partition coefficient (Wildman–Crippen LogP) is 3.89. The summed E-state index contributed by atoms with van der Waals surface area (Å²) in [5.41, 5.74) is 4.37. The van der Waals surface area contributed by atoms with E-state index in [-0.39, 0.29) is 0 Å². The summed E-state index contributed by atoms with van der Waals surface area (Å²) in [7, 11) is 0. The molecule has 0 aliphatic heterocycles. The predicted molar refractivity (Wildman–Crippen MR) is 124 cm³/mol. The molecule has 172 valence electrons. The van der Waals surface area contributed by atoms with Crippen LogP contribution in [0.2, 0.25) is 0 Å². The Bertz CT molecular complexity index is 1250. The van der Waals surface area contributed by atoms with Crippen LogP contribution < -0.4 is 0 Å². The van der Waals surface area contributed by atoms with Gasteiger partial charge in [0.2, 0.25) is 0 Å². The molecule has 2 aliphatic carbocycles. The Labute approximate surface area is 193 Å². The topological polar surface area (TPSA) is 89.9 Å². The van der Waals surface area contributed by atoms with Gasteiger partial charge in [0.25, 0.3) is 0 Å². The molecule has 0 bridgehead atoms. The lowest BCUT2D eigenvalue weighted by molar-refractivity contribution is 0.171. The van der Waals surface area contributed by atoms with Crippen LogP contribution in [0.5, 0.6) is 0 Å². The zero-order chi connectivity index (χ0) is 22.2. The van der Waals surface area contributed by atoms with Gasteiger partial charge in [0.1, 0.15) is 0 Å². The highest BCUT2D eigenvalue weighted by Gasteiger charge is 2.28. The number of benzene rings is 1. The molecule has 4 aromatic rings. The van der Waals surface area contributed by atoms with Crippen LogP contribution in [0, 0.1) is 0 Å². The zero-order valence-corrected chi connectivity index (χ0v) is 19.3. The van der Waals surface area contributed by atoms with Crippen LogP contribution in [0.3, 0.4) is 0 Å². The van der Waals surface area contributed by atoms with E-state index in [2.05, 4.69) is 71.8 Å². The van der Waals surface area contributed by atoms with Gasteiger partial charge in [-0.3, -0.25) is 4.90 Å². The normalized spacial score (nSPS) is 17.9. The molecule has 3 heterocycles. The van der Waals surface area contributed by atoms with Gasteiger partial charge in [-0.1, -0.05) is 38.7 Å². The van der Waals surface area contributed by atoms with Crippen LogP contribution >= 0.6 is 0 Å². The van der Waals surface area contributed by atoms with Gasteiger partial charge in [0.15, 0.2) is 11.5 Å². The summed E-state index contributed by atoms with van der Waals surface area (Å²) in [6.07, 6.45) is 10.9. The summed E-state index contributed by atoms with van der Waals surface area (Å²) >= 11 is 0. The van der Waals surface area contributed by atoms with Crippen molar-refractivity contribution >= 4 is 16.6 Å². The number of hydrogen-bond donors (Lipinski definition) is 0. The maximum Gasteiger partial charge on any atom is 0.184 e. The molecule has 3 aromatic heterocycles. The van der Waals surface area contributed by atoms with Crippen LogP contribution in [0.15, 0.2) is 24.3 Å². The Morgan fingerprint density at radius 1 is 0.909 bits per heavy atom. The Hall–Kier alpha value is -2.94. The molecule has 0 radical (unpaired) electrons. The molecule has 0 atom stereocenters. The number of hydrogen-bond acceptors (Lipinski definition) is 7. The molecular formula is C24H31N9. The molecule has 1 aromatic carbocycles. The third kappa shape index (κ3) is 3.88. The summed E-state index contributed by atoms with van der Waals surface area (Å²) in [4.78, 5) is 2.56. The summed E-state index contributed by atoms with van der Waals surface area (Å²) in [5, 5.41) is 26.8. The molecule has 0 unspecified atom stereocenters. The van der Waals surface area contributed by atoms with Gasteiger partial charge in [0.05, 0.1) is 18.1 Å². The van der Waals surface area contributed by atoms with Gasteiger partial charge >= 0.3 is 0 Å². The van der Waals surface area contributed by atoms with E-state index in [1.54, 1.807) is 0 Å². The van der Waals surface area contributed by atoms with Gasteiger partial charge in [-0.2, -0.15) is 4.52 Å². The van der Waals surface area contributed by atoms with Crippen molar-refractivity contribution in [3.8, 4) is 0 Å². The zero-order valence-electron chi connectivity index (χ0n) is 19.3. The van der Waals surface area contributed by atoms with Crippen molar-refractivity contribution in [3.63, 3.8) is 0 Å². The van der Waals surface area contributed by atoms with Crippen LogP contribution in [0.4, 0.5) is 0 Å². The van der Waals surface area contributed by atoms with Crippen LogP contribution in [0.1, 0.15) is 81.3 Å². The molecule has 6 rings (SSSR count). The first-order valence-electron chi connectivity index (χ1n) is 12.4. The van der Waals surface area contributed by atoms with Gasteiger partial charge in [-0.05, 0) is 76.7 Å². The second-order valence-corrected chi connectivity index (χ2v) is 9.65.